The van der Waals surface area contributed by atoms with E-state index in [0.717, 1.165) is 16.1 Å². The van der Waals surface area contributed by atoms with Gasteiger partial charge >= 0.3 is 6.18 Å². The summed E-state index contributed by atoms with van der Waals surface area (Å²) in [5, 5.41) is 8.23. The molecule has 0 saturated heterocycles. The van der Waals surface area contributed by atoms with Gasteiger partial charge in [0.15, 0.2) is 0 Å². The molecule has 0 fully saturated rings. The quantitative estimate of drug-likeness (QED) is 0.431. The van der Waals surface area contributed by atoms with Crippen molar-refractivity contribution in [2.45, 2.75) is 26.1 Å². The van der Waals surface area contributed by atoms with Gasteiger partial charge in [0.1, 0.15) is 11.4 Å². The van der Waals surface area contributed by atoms with Crippen LogP contribution in [0, 0.1) is 6.92 Å². The molecule has 0 spiro atoms. The SMILES string of the molecule is Cc1nccc(CNc2nc(Nc3cccc4c3NC(=O)C4)ncc2C(F)(F)F)c1N(C)S(C)(=O)=O. The van der Waals surface area contributed by atoms with Gasteiger partial charge in [-0.3, -0.25) is 14.1 Å². The van der Waals surface area contributed by atoms with Crippen LogP contribution in [0.4, 0.5) is 42.0 Å². The number of benzene rings is 1. The number of nitrogens with one attached hydrogen (secondary N) is 3. The van der Waals surface area contributed by atoms with Crippen LogP contribution >= 0.6 is 0 Å². The highest BCUT2D eigenvalue weighted by Gasteiger charge is 2.35. The van der Waals surface area contributed by atoms with E-state index in [2.05, 4.69) is 30.9 Å². The molecule has 0 aliphatic carbocycles. The number of alkyl halides is 3. The fourth-order valence-corrected chi connectivity index (χ4v) is 4.37. The Hall–Kier alpha value is -3.94. The molecule has 3 aromatic rings. The van der Waals surface area contributed by atoms with Crippen molar-refractivity contribution in [3.8, 4) is 0 Å². The number of anilines is 5. The molecule has 190 valence electrons. The number of halogens is 3. The number of sulfonamides is 1. The Balaban J connectivity index is 1.67. The summed E-state index contributed by atoms with van der Waals surface area (Å²) in [6.07, 6.45) is -1.44. The molecule has 2 aromatic heterocycles. The number of carbonyl (C=O) groups excluding carboxylic acids is 1. The number of fused-ring (bicyclic) bond motifs is 1. The maximum atomic E-state index is 13.7. The van der Waals surface area contributed by atoms with Crippen molar-refractivity contribution in [3.05, 3.63) is 59.0 Å². The molecule has 1 aromatic carbocycles. The minimum Gasteiger partial charge on any atom is -0.365 e. The first-order chi connectivity index (χ1) is 16.8. The number of hydrogen-bond donors (Lipinski definition) is 3. The number of aryl methyl sites for hydroxylation is 1. The molecule has 14 heteroatoms. The van der Waals surface area contributed by atoms with Gasteiger partial charge < -0.3 is 16.0 Å². The van der Waals surface area contributed by atoms with Crippen LogP contribution in [-0.4, -0.2) is 42.6 Å². The van der Waals surface area contributed by atoms with E-state index in [1.54, 1.807) is 25.1 Å². The predicted octanol–water partition coefficient (Wildman–Crippen LogP) is 3.44. The first-order valence-corrected chi connectivity index (χ1v) is 12.4. The molecular formula is C22H22F3N7O3S. The van der Waals surface area contributed by atoms with Crippen LogP contribution in [0.15, 0.2) is 36.7 Å². The number of amides is 1. The molecule has 3 heterocycles. The van der Waals surface area contributed by atoms with Crippen molar-refractivity contribution >= 4 is 44.8 Å². The van der Waals surface area contributed by atoms with E-state index in [1.165, 1.54) is 19.3 Å². The lowest BCUT2D eigenvalue weighted by molar-refractivity contribution is -0.137. The largest absolute Gasteiger partial charge is 0.421 e. The van der Waals surface area contributed by atoms with Gasteiger partial charge in [-0.2, -0.15) is 18.2 Å². The maximum Gasteiger partial charge on any atom is 0.421 e. The van der Waals surface area contributed by atoms with Gasteiger partial charge in [-0.25, -0.2) is 13.4 Å². The zero-order valence-corrected chi connectivity index (χ0v) is 20.3. The molecular weight excluding hydrogens is 499 g/mol. The van der Waals surface area contributed by atoms with Gasteiger partial charge in [0.25, 0.3) is 0 Å². The molecule has 1 aliphatic rings. The zero-order chi connectivity index (χ0) is 26.3. The topological polar surface area (TPSA) is 129 Å². The summed E-state index contributed by atoms with van der Waals surface area (Å²) < 4.78 is 66.3. The Morgan fingerprint density at radius 1 is 1.19 bits per heavy atom. The third-order valence-electron chi connectivity index (χ3n) is 5.56. The highest BCUT2D eigenvalue weighted by Crippen LogP contribution is 2.36. The van der Waals surface area contributed by atoms with Crippen molar-refractivity contribution in [1.82, 2.24) is 15.0 Å². The van der Waals surface area contributed by atoms with E-state index >= 15 is 0 Å². The Morgan fingerprint density at radius 2 is 1.94 bits per heavy atom. The van der Waals surface area contributed by atoms with Crippen molar-refractivity contribution in [2.75, 3.05) is 33.6 Å². The third-order valence-corrected chi connectivity index (χ3v) is 6.73. The number of rotatable bonds is 7. The first kappa shape index (κ1) is 25.2. The molecule has 0 atom stereocenters. The molecule has 10 nitrogen and oxygen atoms in total. The summed E-state index contributed by atoms with van der Waals surface area (Å²) in [4.78, 5) is 23.7. The lowest BCUT2D eigenvalue weighted by Crippen LogP contribution is -2.27. The molecule has 0 unspecified atom stereocenters. The third kappa shape index (κ3) is 5.17. The van der Waals surface area contributed by atoms with Crippen LogP contribution in [0.1, 0.15) is 22.4 Å². The Bertz CT molecular complexity index is 1450. The molecule has 0 bridgehead atoms. The summed E-state index contributed by atoms with van der Waals surface area (Å²) >= 11 is 0. The average molecular weight is 522 g/mol. The zero-order valence-electron chi connectivity index (χ0n) is 19.4. The number of carbonyl (C=O) groups is 1. The fraction of sp³-hybridized carbons (Fsp3) is 0.273. The van der Waals surface area contributed by atoms with Crippen molar-refractivity contribution < 1.29 is 26.4 Å². The van der Waals surface area contributed by atoms with Crippen LogP contribution < -0.4 is 20.3 Å². The van der Waals surface area contributed by atoms with Gasteiger partial charge in [0.05, 0.1) is 35.4 Å². The van der Waals surface area contributed by atoms with Crippen LogP contribution in [-0.2, 0) is 34.0 Å². The minimum atomic E-state index is -4.75. The normalized spacial score (nSPS) is 13.2. The summed E-state index contributed by atoms with van der Waals surface area (Å²) in [6.45, 7) is 1.43. The Morgan fingerprint density at radius 3 is 2.64 bits per heavy atom. The van der Waals surface area contributed by atoms with Crippen LogP contribution in [0.25, 0.3) is 0 Å². The van der Waals surface area contributed by atoms with Gasteiger partial charge in [-0.15, -0.1) is 0 Å². The van der Waals surface area contributed by atoms with Crippen molar-refractivity contribution in [2.24, 2.45) is 0 Å². The first-order valence-electron chi connectivity index (χ1n) is 10.6. The van der Waals surface area contributed by atoms with E-state index in [1.807, 2.05) is 0 Å². The second-order valence-corrected chi connectivity index (χ2v) is 10.1. The standard InChI is InChI=1S/C22H22F3N7O3S/c1-12-19(32(2)36(3,34)35)14(7-8-26-12)10-27-20-15(22(23,24)25)11-28-21(31-20)29-16-6-4-5-13-9-17(33)30-18(13)16/h4-8,11H,9-10H2,1-3H3,(H,30,33)(H2,27,28,29,31). The summed E-state index contributed by atoms with van der Waals surface area (Å²) in [5.74, 6) is -0.823. The van der Waals surface area contributed by atoms with E-state index in [0.29, 0.717) is 28.8 Å². The van der Waals surface area contributed by atoms with Gasteiger partial charge in [0.2, 0.25) is 21.9 Å². The van der Waals surface area contributed by atoms with Gasteiger partial charge in [-0.1, -0.05) is 12.1 Å². The number of pyridine rings is 1. The number of nitrogens with zero attached hydrogens (tertiary/aromatic N) is 4. The summed E-state index contributed by atoms with van der Waals surface area (Å²) in [5.41, 5.74) is 1.65. The lowest BCUT2D eigenvalue weighted by atomic mass is 10.1. The van der Waals surface area contributed by atoms with Crippen molar-refractivity contribution in [3.63, 3.8) is 0 Å². The van der Waals surface area contributed by atoms with Crippen LogP contribution in [0.3, 0.4) is 0 Å². The van der Waals surface area contributed by atoms with Crippen LogP contribution in [0.5, 0.6) is 0 Å². The summed E-state index contributed by atoms with van der Waals surface area (Å²) in [6, 6.07) is 6.63. The van der Waals surface area contributed by atoms with Gasteiger partial charge in [0, 0.05) is 26.0 Å². The monoisotopic (exact) mass is 521 g/mol. The molecule has 1 aliphatic heterocycles. The number of aromatic nitrogens is 3. The minimum absolute atomic E-state index is 0.126. The molecule has 36 heavy (non-hydrogen) atoms. The van der Waals surface area contributed by atoms with Crippen molar-refractivity contribution in [1.29, 1.82) is 0 Å². The predicted molar refractivity (Wildman–Crippen MR) is 129 cm³/mol. The van der Waals surface area contributed by atoms with E-state index in [-0.39, 0.29) is 30.5 Å². The molecule has 3 N–H and O–H groups in total. The molecule has 4 rings (SSSR count). The second kappa shape index (κ2) is 9.26. The average Bonchev–Trinajstić information content (AvgIpc) is 3.17. The number of para-hydroxylation sites is 1. The van der Waals surface area contributed by atoms with Crippen LogP contribution in [0.2, 0.25) is 0 Å². The molecule has 0 saturated carbocycles. The van der Waals surface area contributed by atoms with E-state index in [4.69, 9.17) is 0 Å². The Kier molecular flexibility index (Phi) is 6.47. The summed E-state index contributed by atoms with van der Waals surface area (Å²) in [7, 11) is -2.30. The second-order valence-electron chi connectivity index (χ2n) is 8.13. The molecule has 1 amide bonds. The molecule has 0 radical (unpaired) electrons. The van der Waals surface area contributed by atoms with E-state index < -0.39 is 27.6 Å². The van der Waals surface area contributed by atoms with E-state index in [9.17, 15) is 26.4 Å². The Labute approximate surface area is 205 Å². The number of hydrogen-bond acceptors (Lipinski definition) is 8. The fourth-order valence-electron chi connectivity index (χ4n) is 3.79. The van der Waals surface area contributed by atoms with Gasteiger partial charge in [-0.05, 0) is 30.2 Å². The smallest absolute Gasteiger partial charge is 0.365 e. The lowest BCUT2D eigenvalue weighted by Gasteiger charge is -2.22. The maximum absolute atomic E-state index is 13.7. The highest BCUT2D eigenvalue weighted by molar-refractivity contribution is 7.92. The highest BCUT2D eigenvalue weighted by atomic mass is 32.2.